The van der Waals surface area contributed by atoms with Crippen LogP contribution in [0, 0.1) is 6.92 Å². The predicted molar refractivity (Wildman–Crippen MR) is 73.9 cm³/mol. The third-order valence-electron chi connectivity index (χ3n) is 3.59. The third kappa shape index (κ3) is 2.29. The normalized spacial score (nSPS) is 21.1. The van der Waals surface area contributed by atoms with Gasteiger partial charge in [0.1, 0.15) is 5.52 Å². The van der Waals surface area contributed by atoms with Crippen LogP contribution in [0.4, 0.5) is 5.95 Å². The number of aryl methyl sites for hydroxylation is 1. The Morgan fingerprint density at radius 1 is 1.53 bits per heavy atom. The molecule has 2 N–H and O–H groups in total. The molecule has 3 rings (SSSR count). The lowest BCUT2D eigenvalue weighted by molar-refractivity contribution is -0.0267. The molecule has 0 saturated carbocycles. The number of nitrogens with two attached hydrogens (primary N) is 1. The molecule has 1 aliphatic rings. The molecule has 0 spiro atoms. The molecule has 6 nitrogen and oxygen atoms in total. The number of aromatic nitrogens is 3. The van der Waals surface area contributed by atoms with Crippen LogP contribution in [0.15, 0.2) is 12.3 Å². The number of morpholine rings is 1. The molecule has 2 aromatic rings. The van der Waals surface area contributed by atoms with E-state index < -0.39 is 0 Å². The smallest absolute Gasteiger partial charge is 0.202 e. The van der Waals surface area contributed by atoms with Crippen LogP contribution in [0.25, 0.3) is 11.2 Å². The van der Waals surface area contributed by atoms with Crippen molar-refractivity contribution in [1.29, 1.82) is 0 Å². The van der Waals surface area contributed by atoms with Crippen LogP contribution < -0.4 is 5.73 Å². The summed E-state index contributed by atoms with van der Waals surface area (Å²) >= 11 is 0. The molecular formula is C13H19N5O. The molecule has 0 aliphatic carbocycles. The Bertz CT molecular complexity index is 594. The molecule has 6 heteroatoms. The monoisotopic (exact) mass is 261 g/mol. The highest BCUT2D eigenvalue weighted by Gasteiger charge is 2.21. The minimum Gasteiger partial charge on any atom is -0.374 e. The van der Waals surface area contributed by atoms with Gasteiger partial charge in [0.05, 0.1) is 19.3 Å². The molecule has 1 atom stereocenters. The summed E-state index contributed by atoms with van der Waals surface area (Å²) in [6, 6.07) is 1.95. The van der Waals surface area contributed by atoms with Crippen LogP contribution in [0.1, 0.15) is 5.56 Å². The molecule has 19 heavy (non-hydrogen) atoms. The number of nitrogen functional groups attached to an aromatic ring is 1. The number of ether oxygens (including phenoxy) is 1. The standard InChI is InChI=1S/C13H19N5O/c1-9-3-4-15-12-11(9)16-13(14)18(12)8-10-7-17(2)5-6-19-10/h3-4,10H,5-8H2,1-2H3,(H2,14,16). The molecule has 0 aromatic carbocycles. The Morgan fingerprint density at radius 3 is 3.16 bits per heavy atom. The molecule has 1 fully saturated rings. The zero-order chi connectivity index (χ0) is 13.4. The van der Waals surface area contributed by atoms with Crippen molar-refractivity contribution in [2.75, 3.05) is 32.5 Å². The zero-order valence-corrected chi connectivity index (χ0v) is 11.3. The van der Waals surface area contributed by atoms with E-state index in [1.165, 1.54) is 0 Å². The quantitative estimate of drug-likeness (QED) is 0.859. The number of hydrogen-bond donors (Lipinski definition) is 1. The summed E-state index contributed by atoms with van der Waals surface area (Å²) < 4.78 is 7.73. The lowest BCUT2D eigenvalue weighted by Gasteiger charge is -2.30. The minimum atomic E-state index is 0.140. The number of fused-ring (bicyclic) bond motifs is 1. The summed E-state index contributed by atoms with van der Waals surface area (Å²) in [5, 5.41) is 0. The second-order valence-electron chi connectivity index (χ2n) is 5.14. The largest absolute Gasteiger partial charge is 0.374 e. The number of likely N-dealkylation sites (N-methyl/N-ethyl adjacent to an activating group) is 1. The molecule has 0 bridgehead atoms. The summed E-state index contributed by atoms with van der Waals surface area (Å²) in [4.78, 5) is 11.1. The molecule has 1 aliphatic heterocycles. The fourth-order valence-electron chi connectivity index (χ4n) is 2.52. The van der Waals surface area contributed by atoms with Crippen molar-refractivity contribution in [3.05, 3.63) is 17.8 Å². The van der Waals surface area contributed by atoms with Gasteiger partial charge >= 0.3 is 0 Å². The second kappa shape index (κ2) is 4.79. The van der Waals surface area contributed by atoms with Crippen LogP contribution in [0.3, 0.4) is 0 Å². The Labute approximate surface area is 112 Å². The highest BCUT2D eigenvalue weighted by molar-refractivity contribution is 5.77. The maximum absolute atomic E-state index is 6.02. The Hall–Kier alpha value is -1.66. The van der Waals surface area contributed by atoms with Crippen LogP contribution in [-0.4, -0.2) is 52.3 Å². The minimum absolute atomic E-state index is 0.140. The van der Waals surface area contributed by atoms with E-state index in [0.29, 0.717) is 12.5 Å². The van der Waals surface area contributed by atoms with Gasteiger partial charge in [-0.2, -0.15) is 0 Å². The van der Waals surface area contributed by atoms with Gasteiger partial charge < -0.3 is 15.4 Å². The molecule has 3 heterocycles. The highest BCUT2D eigenvalue weighted by Crippen LogP contribution is 2.20. The first-order valence-corrected chi connectivity index (χ1v) is 6.52. The topological polar surface area (TPSA) is 69.2 Å². The van der Waals surface area contributed by atoms with Crippen molar-refractivity contribution in [3.63, 3.8) is 0 Å². The van der Waals surface area contributed by atoms with E-state index in [2.05, 4.69) is 21.9 Å². The van der Waals surface area contributed by atoms with Gasteiger partial charge in [0.2, 0.25) is 5.95 Å². The van der Waals surface area contributed by atoms with E-state index in [4.69, 9.17) is 10.5 Å². The average Bonchev–Trinajstić information content (AvgIpc) is 2.69. The van der Waals surface area contributed by atoms with E-state index in [0.717, 1.165) is 36.4 Å². The molecule has 2 aromatic heterocycles. The molecule has 0 radical (unpaired) electrons. The summed E-state index contributed by atoms with van der Waals surface area (Å²) in [5.74, 6) is 0.508. The maximum Gasteiger partial charge on any atom is 0.202 e. The fourth-order valence-corrected chi connectivity index (χ4v) is 2.52. The SMILES string of the molecule is Cc1ccnc2c1nc(N)n2CC1CN(C)CCO1. The van der Waals surface area contributed by atoms with Crippen molar-refractivity contribution in [2.24, 2.45) is 0 Å². The van der Waals surface area contributed by atoms with Gasteiger partial charge in [0.25, 0.3) is 0 Å². The molecule has 1 unspecified atom stereocenters. The summed E-state index contributed by atoms with van der Waals surface area (Å²) in [7, 11) is 2.10. The maximum atomic E-state index is 6.02. The first kappa shape index (κ1) is 12.4. The van der Waals surface area contributed by atoms with Crippen molar-refractivity contribution < 1.29 is 4.74 Å². The molecule has 0 amide bonds. The lowest BCUT2D eigenvalue weighted by Crippen LogP contribution is -2.42. The number of pyridine rings is 1. The van der Waals surface area contributed by atoms with Crippen molar-refractivity contribution in [1.82, 2.24) is 19.4 Å². The predicted octanol–water partition coefficient (Wildman–Crippen LogP) is 0.653. The first-order valence-electron chi connectivity index (χ1n) is 6.52. The second-order valence-corrected chi connectivity index (χ2v) is 5.14. The van der Waals surface area contributed by atoms with Gasteiger partial charge in [0, 0.05) is 19.3 Å². The van der Waals surface area contributed by atoms with Crippen molar-refractivity contribution in [2.45, 2.75) is 19.6 Å². The van der Waals surface area contributed by atoms with Gasteiger partial charge in [-0.25, -0.2) is 9.97 Å². The molecule has 102 valence electrons. The van der Waals surface area contributed by atoms with Crippen LogP contribution in [-0.2, 0) is 11.3 Å². The van der Waals surface area contributed by atoms with Crippen LogP contribution in [0.2, 0.25) is 0 Å². The van der Waals surface area contributed by atoms with Crippen LogP contribution in [0.5, 0.6) is 0 Å². The highest BCUT2D eigenvalue weighted by atomic mass is 16.5. The number of nitrogens with zero attached hydrogens (tertiary/aromatic N) is 4. The van der Waals surface area contributed by atoms with E-state index >= 15 is 0 Å². The van der Waals surface area contributed by atoms with Gasteiger partial charge in [0.15, 0.2) is 5.65 Å². The van der Waals surface area contributed by atoms with Gasteiger partial charge in [-0.05, 0) is 25.6 Å². The zero-order valence-electron chi connectivity index (χ0n) is 11.3. The number of rotatable bonds is 2. The first-order chi connectivity index (χ1) is 9.15. The summed E-state index contributed by atoms with van der Waals surface area (Å²) in [6.45, 7) is 5.37. The van der Waals surface area contributed by atoms with Crippen molar-refractivity contribution >= 4 is 17.1 Å². The Balaban J connectivity index is 1.92. The van der Waals surface area contributed by atoms with E-state index in [9.17, 15) is 0 Å². The fraction of sp³-hybridized carbons (Fsp3) is 0.538. The summed E-state index contributed by atoms with van der Waals surface area (Å²) in [5.41, 5.74) is 8.83. The average molecular weight is 261 g/mol. The van der Waals surface area contributed by atoms with Gasteiger partial charge in [-0.1, -0.05) is 0 Å². The van der Waals surface area contributed by atoms with Crippen molar-refractivity contribution in [3.8, 4) is 0 Å². The van der Waals surface area contributed by atoms with Crippen LogP contribution >= 0.6 is 0 Å². The third-order valence-corrected chi connectivity index (χ3v) is 3.59. The number of hydrogen-bond acceptors (Lipinski definition) is 5. The Kier molecular flexibility index (Phi) is 3.12. The number of imidazole rings is 1. The van der Waals surface area contributed by atoms with E-state index in [1.807, 2.05) is 17.6 Å². The molecule has 1 saturated heterocycles. The molecular weight excluding hydrogens is 242 g/mol. The summed E-state index contributed by atoms with van der Waals surface area (Å²) in [6.07, 6.45) is 1.93. The number of anilines is 1. The van der Waals surface area contributed by atoms with Gasteiger partial charge in [-0.3, -0.25) is 4.57 Å². The van der Waals surface area contributed by atoms with E-state index in [1.54, 1.807) is 6.20 Å². The van der Waals surface area contributed by atoms with E-state index in [-0.39, 0.29) is 6.10 Å². The van der Waals surface area contributed by atoms with Gasteiger partial charge in [-0.15, -0.1) is 0 Å². The Morgan fingerprint density at radius 2 is 2.37 bits per heavy atom. The lowest BCUT2D eigenvalue weighted by atomic mass is 10.2.